The summed E-state index contributed by atoms with van der Waals surface area (Å²) in [4.78, 5) is 29.8. The van der Waals surface area contributed by atoms with Gasteiger partial charge in [-0.05, 0) is 36.4 Å². The molecule has 0 aliphatic heterocycles. The third-order valence-corrected chi connectivity index (χ3v) is 7.22. The van der Waals surface area contributed by atoms with Crippen LogP contribution in [0.25, 0.3) is 15.9 Å². The van der Waals surface area contributed by atoms with E-state index in [1.54, 1.807) is 35.9 Å². The smallest absolute Gasteiger partial charge is 0.251 e. The molecule has 0 unspecified atom stereocenters. The number of nitrogens with zero attached hydrogens (tertiary/aromatic N) is 4. The molecule has 186 valence electrons. The fraction of sp³-hybridized carbons (Fsp3) is 0.115. The number of nitrogens with one attached hydrogen (secondary N) is 2. The van der Waals surface area contributed by atoms with E-state index in [9.17, 15) is 9.59 Å². The van der Waals surface area contributed by atoms with E-state index in [4.69, 9.17) is 4.74 Å². The van der Waals surface area contributed by atoms with Gasteiger partial charge in [0.1, 0.15) is 5.75 Å². The summed E-state index contributed by atoms with van der Waals surface area (Å²) in [6.07, 6.45) is 0. The molecule has 0 atom stereocenters. The first kappa shape index (κ1) is 24.5. The van der Waals surface area contributed by atoms with E-state index in [2.05, 4.69) is 25.8 Å². The van der Waals surface area contributed by atoms with Crippen LogP contribution >= 0.6 is 23.1 Å². The number of rotatable bonds is 9. The average Bonchev–Trinajstić information content (AvgIpc) is 3.54. The molecule has 5 aromatic rings. The van der Waals surface area contributed by atoms with E-state index in [-0.39, 0.29) is 24.1 Å². The molecule has 0 aliphatic carbocycles. The number of methoxy groups -OCH3 is 1. The Hall–Kier alpha value is -4.22. The van der Waals surface area contributed by atoms with Gasteiger partial charge in [0.25, 0.3) is 5.91 Å². The third-order valence-electron chi connectivity index (χ3n) is 5.34. The lowest BCUT2D eigenvalue weighted by molar-refractivity contribution is -0.113. The maximum Gasteiger partial charge on any atom is 0.251 e. The summed E-state index contributed by atoms with van der Waals surface area (Å²) in [6, 6.07) is 24.1. The minimum absolute atomic E-state index is 0.0968. The number of thiazole rings is 1. The highest BCUT2D eigenvalue weighted by Crippen LogP contribution is 2.29. The van der Waals surface area contributed by atoms with Gasteiger partial charge >= 0.3 is 0 Å². The second-order valence-corrected chi connectivity index (χ2v) is 9.75. The predicted octanol–water partition coefficient (Wildman–Crippen LogP) is 4.55. The van der Waals surface area contributed by atoms with E-state index < -0.39 is 0 Å². The number of anilines is 1. The number of carbonyl (C=O) groups is 2. The van der Waals surface area contributed by atoms with Gasteiger partial charge in [-0.3, -0.25) is 14.2 Å². The van der Waals surface area contributed by atoms with Crippen molar-refractivity contribution < 1.29 is 14.3 Å². The van der Waals surface area contributed by atoms with Crippen molar-refractivity contribution in [2.24, 2.45) is 0 Å². The van der Waals surface area contributed by atoms with Crippen LogP contribution in [-0.4, -0.2) is 44.4 Å². The molecule has 0 saturated carbocycles. The predicted molar refractivity (Wildman–Crippen MR) is 144 cm³/mol. The lowest BCUT2D eigenvalue weighted by atomic mass is 10.2. The Labute approximate surface area is 220 Å². The van der Waals surface area contributed by atoms with Gasteiger partial charge in [-0.25, -0.2) is 4.98 Å². The van der Waals surface area contributed by atoms with Gasteiger partial charge in [0, 0.05) is 5.56 Å². The standard InChI is InChI=1S/C26H22N6O3S2/c1-35-20-13-7-6-12-19(20)32-22(15-27-24(34)17-9-3-2-4-10-17)30-31-26(32)36-16-23(33)29-25-28-18-11-5-8-14-21(18)37-25/h2-14H,15-16H2,1H3,(H,27,34)(H,28,29,33). The van der Waals surface area contributed by atoms with Crippen molar-refractivity contribution in [2.75, 3.05) is 18.2 Å². The zero-order valence-electron chi connectivity index (χ0n) is 19.7. The maximum atomic E-state index is 12.7. The Morgan fingerprint density at radius 1 is 0.973 bits per heavy atom. The molecule has 0 bridgehead atoms. The summed E-state index contributed by atoms with van der Waals surface area (Å²) < 4.78 is 8.34. The molecule has 2 N–H and O–H groups in total. The second-order valence-electron chi connectivity index (χ2n) is 7.78. The monoisotopic (exact) mass is 530 g/mol. The first-order chi connectivity index (χ1) is 18.1. The molecule has 37 heavy (non-hydrogen) atoms. The van der Waals surface area contributed by atoms with Crippen molar-refractivity contribution in [1.82, 2.24) is 25.1 Å². The van der Waals surface area contributed by atoms with Crippen LogP contribution in [-0.2, 0) is 11.3 Å². The van der Waals surface area contributed by atoms with Crippen molar-refractivity contribution in [3.8, 4) is 11.4 Å². The molecule has 0 saturated heterocycles. The van der Waals surface area contributed by atoms with E-state index in [0.29, 0.717) is 33.1 Å². The highest BCUT2D eigenvalue weighted by atomic mass is 32.2. The fourth-order valence-electron chi connectivity index (χ4n) is 3.63. The number of amides is 2. The van der Waals surface area contributed by atoms with Crippen molar-refractivity contribution in [3.63, 3.8) is 0 Å². The molecular weight excluding hydrogens is 508 g/mol. The lowest BCUT2D eigenvalue weighted by Gasteiger charge is -2.14. The molecule has 0 fully saturated rings. The van der Waals surface area contributed by atoms with E-state index >= 15 is 0 Å². The molecule has 3 aromatic carbocycles. The molecule has 9 nitrogen and oxygen atoms in total. The van der Waals surface area contributed by atoms with Crippen LogP contribution in [0.15, 0.2) is 84.0 Å². The van der Waals surface area contributed by atoms with Crippen LogP contribution in [0.1, 0.15) is 16.2 Å². The Bertz CT molecular complexity index is 1520. The minimum Gasteiger partial charge on any atom is -0.495 e. The molecule has 2 amide bonds. The van der Waals surface area contributed by atoms with Gasteiger partial charge in [-0.1, -0.05) is 65.6 Å². The summed E-state index contributed by atoms with van der Waals surface area (Å²) in [5, 5.41) is 15.4. The van der Waals surface area contributed by atoms with Crippen molar-refractivity contribution in [2.45, 2.75) is 11.7 Å². The SMILES string of the molecule is COc1ccccc1-n1c(CNC(=O)c2ccccc2)nnc1SCC(=O)Nc1nc2ccccc2s1. The van der Waals surface area contributed by atoms with Gasteiger partial charge in [0.15, 0.2) is 16.1 Å². The minimum atomic E-state index is -0.223. The molecule has 0 radical (unpaired) electrons. The normalized spacial score (nSPS) is 10.8. The second kappa shape index (κ2) is 11.2. The number of aromatic nitrogens is 4. The highest BCUT2D eigenvalue weighted by molar-refractivity contribution is 7.99. The van der Waals surface area contributed by atoms with E-state index in [0.717, 1.165) is 10.2 Å². The molecule has 2 aromatic heterocycles. The van der Waals surface area contributed by atoms with Crippen LogP contribution in [0.4, 0.5) is 5.13 Å². The Balaban J connectivity index is 1.34. The topological polar surface area (TPSA) is 111 Å². The fourth-order valence-corrected chi connectivity index (χ4v) is 5.27. The van der Waals surface area contributed by atoms with Gasteiger partial charge in [-0.15, -0.1) is 10.2 Å². The average molecular weight is 531 g/mol. The van der Waals surface area contributed by atoms with Gasteiger partial charge < -0.3 is 15.4 Å². The zero-order chi connectivity index (χ0) is 25.6. The number of carbonyl (C=O) groups excluding carboxylic acids is 2. The van der Waals surface area contributed by atoms with Gasteiger partial charge in [-0.2, -0.15) is 0 Å². The number of fused-ring (bicyclic) bond motifs is 1. The summed E-state index contributed by atoms with van der Waals surface area (Å²) in [7, 11) is 1.58. The molecule has 2 heterocycles. The van der Waals surface area contributed by atoms with Crippen LogP contribution in [0.2, 0.25) is 0 Å². The van der Waals surface area contributed by atoms with Crippen molar-refractivity contribution in [3.05, 3.63) is 90.3 Å². The summed E-state index contributed by atoms with van der Waals surface area (Å²) in [5.41, 5.74) is 2.09. The number of ether oxygens (including phenoxy) is 1. The van der Waals surface area contributed by atoms with Crippen molar-refractivity contribution >= 4 is 50.3 Å². The Kier molecular flexibility index (Phi) is 7.43. The zero-order valence-corrected chi connectivity index (χ0v) is 21.4. The highest BCUT2D eigenvalue weighted by Gasteiger charge is 2.19. The number of hydrogen-bond donors (Lipinski definition) is 2. The number of hydrogen-bond acceptors (Lipinski definition) is 8. The molecule has 11 heteroatoms. The first-order valence-electron chi connectivity index (χ1n) is 11.3. The maximum absolute atomic E-state index is 12.7. The summed E-state index contributed by atoms with van der Waals surface area (Å²) >= 11 is 2.65. The first-order valence-corrected chi connectivity index (χ1v) is 13.1. The van der Waals surface area contributed by atoms with Crippen LogP contribution in [0, 0.1) is 0 Å². The van der Waals surface area contributed by atoms with Crippen molar-refractivity contribution in [1.29, 1.82) is 0 Å². The van der Waals surface area contributed by atoms with E-state index in [1.807, 2.05) is 54.6 Å². The molecule has 5 rings (SSSR count). The number of thioether (sulfide) groups is 1. The van der Waals surface area contributed by atoms with Gasteiger partial charge in [0.05, 0.1) is 35.3 Å². The largest absolute Gasteiger partial charge is 0.495 e. The number of para-hydroxylation sites is 3. The van der Waals surface area contributed by atoms with Crippen LogP contribution < -0.4 is 15.4 Å². The van der Waals surface area contributed by atoms with Crippen LogP contribution in [0.5, 0.6) is 5.75 Å². The van der Waals surface area contributed by atoms with E-state index in [1.165, 1.54) is 23.1 Å². The third kappa shape index (κ3) is 5.63. The lowest BCUT2D eigenvalue weighted by Crippen LogP contribution is -2.24. The molecular formula is C26H22N6O3S2. The Morgan fingerprint density at radius 3 is 2.54 bits per heavy atom. The van der Waals surface area contributed by atoms with Gasteiger partial charge in [0.2, 0.25) is 5.91 Å². The quantitative estimate of drug-likeness (QED) is 0.269. The number of benzene rings is 3. The van der Waals surface area contributed by atoms with Crippen LogP contribution in [0.3, 0.4) is 0 Å². The summed E-state index contributed by atoms with van der Waals surface area (Å²) in [5.74, 6) is 0.776. The Morgan fingerprint density at radius 2 is 1.73 bits per heavy atom. The molecule has 0 aliphatic rings. The molecule has 0 spiro atoms. The summed E-state index contributed by atoms with van der Waals surface area (Å²) in [6.45, 7) is 0.136.